The van der Waals surface area contributed by atoms with Crippen LogP contribution in [0.2, 0.25) is 5.02 Å². The van der Waals surface area contributed by atoms with Crippen LogP contribution in [0.5, 0.6) is 0 Å². The minimum absolute atomic E-state index is 0.213. The van der Waals surface area contributed by atoms with E-state index in [0.29, 0.717) is 17.5 Å². The third-order valence-electron chi connectivity index (χ3n) is 3.05. The summed E-state index contributed by atoms with van der Waals surface area (Å²) in [5.74, 6) is 2.10. The number of halogens is 1. The van der Waals surface area contributed by atoms with Crippen molar-refractivity contribution < 1.29 is 9.32 Å². The van der Waals surface area contributed by atoms with E-state index < -0.39 is 0 Å². The fourth-order valence-electron chi connectivity index (χ4n) is 1.80. The first-order valence-electron chi connectivity index (χ1n) is 6.43. The molecular formula is C14H13ClN2O2S. The Morgan fingerprint density at radius 1 is 1.35 bits per heavy atom. The van der Waals surface area contributed by atoms with Gasteiger partial charge in [-0.1, -0.05) is 16.8 Å². The second kappa shape index (κ2) is 5.97. The van der Waals surface area contributed by atoms with Gasteiger partial charge < -0.3 is 4.52 Å². The first-order valence-corrected chi connectivity index (χ1v) is 7.79. The zero-order chi connectivity index (χ0) is 13.9. The zero-order valence-corrected chi connectivity index (χ0v) is 12.3. The highest BCUT2D eigenvalue weighted by Crippen LogP contribution is 2.30. The topological polar surface area (TPSA) is 56.0 Å². The highest BCUT2D eigenvalue weighted by atomic mass is 35.5. The minimum Gasteiger partial charge on any atom is -0.339 e. The molecule has 0 bridgehead atoms. The molecule has 6 heteroatoms. The highest BCUT2D eigenvalue weighted by Gasteiger charge is 2.30. The van der Waals surface area contributed by atoms with Gasteiger partial charge in [-0.15, -0.1) is 11.8 Å². The first kappa shape index (κ1) is 13.6. The molecule has 0 aliphatic heterocycles. The second-order valence-corrected chi connectivity index (χ2v) is 6.25. The maximum absolute atomic E-state index is 11.6. The van der Waals surface area contributed by atoms with Gasteiger partial charge in [0.25, 0.3) is 0 Å². The van der Waals surface area contributed by atoms with Crippen molar-refractivity contribution >= 4 is 29.1 Å². The zero-order valence-electron chi connectivity index (χ0n) is 10.7. The smallest absolute Gasteiger partial charge is 0.234 e. The second-order valence-electron chi connectivity index (χ2n) is 4.76. The number of hydrogen-bond acceptors (Lipinski definition) is 5. The van der Waals surface area contributed by atoms with Gasteiger partial charge in [0.15, 0.2) is 5.82 Å². The number of ketones is 1. The summed E-state index contributed by atoms with van der Waals surface area (Å²) < 4.78 is 5.10. The van der Waals surface area contributed by atoms with E-state index in [-0.39, 0.29) is 18.1 Å². The molecule has 1 aromatic carbocycles. The Morgan fingerprint density at radius 2 is 2.10 bits per heavy atom. The van der Waals surface area contributed by atoms with Crippen molar-refractivity contribution in [2.45, 2.75) is 29.9 Å². The van der Waals surface area contributed by atoms with Crippen LogP contribution in [0.15, 0.2) is 33.7 Å². The molecule has 1 aromatic heterocycles. The first-order chi connectivity index (χ1) is 9.70. The summed E-state index contributed by atoms with van der Waals surface area (Å²) in [4.78, 5) is 17.0. The van der Waals surface area contributed by atoms with E-state index in [0.717, 1.165) is 22.8 Å². The molecule has 20 heavy (non-hydrogen) atoms. The molecular weight excluding hydrogens is 296 g/mol. The summed E-state index contributed by atoms with van der Waals surface area (Å²) in [6.45, 7) is 0. The van der Waals surface area contributed by atoms with Gasteiger partial charge in [-0.2, -0.15) is 4.98 Å². The van der Waals surface area contributed by atoms with Crippen LogP contribution in [0.1, 0.15) is 24.6 Å². The van der Waals surface area contributed by atoms with Crippen molar-refractivity contribution in [1.29, 1.82) is 0 Å². The number of benzene rings is 1. The maximum Gasteiger partial charge on any atom is 0.234 e. The Kier molecular flexibility index (Phi) is 4.08. The van der Waals surface area contributed by atoms with E-state index in [9.17, 15) is 4.79 Å². The predicted octanol–water partition coefficient (Wildman–Crippen LogP) is 3.54. The van der Waals surface area contributed by atoms with Crippen LogP contribution in [0, 0.1) is 5.92 Å². The highest BCUT2D eigenvalue weighted by molar-refractivity contribution is 7.98. The maximum atomic E-state index is 11.6. The van der Waals surface area contributed by atoms with Crippen molar-refractivity contribution in [3.8, 4) is 0 Å². The van der Waals surface area contributed by atoms with Crippen LogP contribution in [0.25, 0.3) is 0 Å². The van der Waals surface area contributed by atoms with E-state index >= 15 is 0 Å². The quantitative estimate of drug-likeness (QED) is 0.764. The number of thioether (sulfide) groups is 1. The lowest BCUT2D eigenvalue weighted by atomic mass is 10.2. The Morgan fingerprint density at radius 3 is 2.80 bits per heavy atom. The molecule has 104 valence electrons. The van der Waals surface area contributed by atoms with Crippen molar-refractivity contribution in [3.05, 3.63) is 41.0 Å². The number of carbonyl (C=O) groups is 1. The van der Waals surface area contributed by atoms with Gasteiger partial charge in [0.05, 0.1) is 12.2 Å². The molecule has 3 rings (SSSR count). The molecule has 1 saturated carbocycles. The lowest BCUT2D eigenvalue weighted by Gasteiger charge is -1.97. The van der Waals surface area contributed by atoms with Gasteiger partial charge in [0, 0.05) is 15.8 Å². The lowest BCUT2D eigenvalue weighted by molar-refractivity contribution is -0.119. The number of Topliss-reactive ketones (excluding diaryl/α,β-unsaturated/α-hetero) is 1. The largest absolute Gasteiger partial charge is 0.339 e. The number of carbonyl (C=O) groups excluding carboxylic acids is 1. The molecule has 0 unspecified atom stereocenters. The minimum atomic E-state index is 0.213. The Bertz CT molecular complexity index is 608. The van der Waals surface area contributed by atoms with Crippen LogP contribution >= 0.6 is 23.4 Å². The summed E-state index contributed by atoms with van der Waals surface area (Å²) in [5.41, 5.74) is 0. The Balaban J connectivity index is 1.54. The van der Waals surface area contributed by atoms with Crippen molar-refractivity contribution in [3.63, 3.8) is 0 Å². The van der Waals surface area contributed by atoms with E-state index in [4.69, 9.17) is 16.1 Å². The molecule has 1 aliphatic carbocycles. The molecule has 0 spiro atoms. The number of aromatic nitrogens is 2. The van der Waals surface area contributed by atoms with Crippen molar-refractivity contribution in [2.24, 2.45) is 5.92 Å². The molecule has 0 radical (unpaired) electrons. The molecule has 0 amide bonds. The van der Waals surface area contributed by atoms with Gasteiger partial charge in [0.1, 0.15) is 5.78 Å². The molecule has 0 atom stereocenters. The summed E-state index contributed by atoms with van der Waals surface area (Å²) in [5, 5.41) is 4.61. The van der Waals surface area contributed by atoms with E-state index in [1.54, 1.807) is 11.8 Å². The third-order valence-corrected chi connectivity index (χ3v) is 4.31. The summed E-state index contributed by atoms with van der Waals surface area (Å²) in [6, 6.07) is 7.59. The third kappa shape index (κ3) is 3.61. The lowest BCUT2D eigenvalue weighted by Crippen LogP contribution is -2.04. The van der Waals surface area contributed by atoms with Gasteiger partial charge in [0.2, 0.25) is 5.89 Å². The average Bonchev–Trinajstić information content (AvgIpc) is 3.20. The van der Waals surface area contributed by atoms with Crippen LogP contribution in [-0.2, 0) is 17.0 Å². The van der Waals surface area contributed by atoms with E-state index in [1.165, 1.54) is 0 Å². The fourth-order valence-corrected chi connectivity index (χ4v) is 2.67. The van der Waals surface area contributed by atoms with Gasteiger partial charge >= 0.3 is 0 Å². The number of nitrogens with zero attached hydrogens (tertiary/aromatic N) is 2. The molecule has 4 nitrogen and oxygen atoms in total. The van der Waals surface area contributed by atoms with Gasteiger partial charge in [-0.25, -0.2) is 0 Å². The van der Waals surface area contributed by atoms with E-state index in [2.05, 4.69) is 10.1 Å². The average molecular weight is 309 g/mol. The van der Waals surface area contributed by atoms with Crippen LogP contribution < -0.4 is 0 Å². The predicted molar refractivity (Wildman–Crippen MR) is 76.7 cm³/mol. The molecule has 0 N–H and O–H groups in total. The van der Waals surface area contributed by atoms with Crippen LogP contribution in [0.4, 0.5) is 0 Å². The molecule has 1 heterocycles. The van der Waals surface area contributed by atoms with E-state index in [1.807, 2.05) is 24.3 Å². The molecule has 1 aliphatic rings. The number of hydrogen-bond donors (Lipinski definition) is 0. The van der Waals surface area contributed by atoms with Gasteiger partial charge in [-0.05, 0) is 37.1 Å². The Hall–Kier alpha value is -1.33. The number of rotatable bonds is 6. The molecule has 0 saturated heterocycles. The summed E-state index contributed by atoms with van der Waals surface area (Å²) in [7, 11) is 0. The normalized spacial score (nSPS) is 14.4. The standard InChI is InChI=1S/C14H13ClN2O2S/c15-10-3-5-11(6-4-10)20-8-13-16-14(19-17-13)7-12(18)9-1-2-9/h3-6,9H,1-2,7-8H2. The summed E-state index contributed by atoms with van der Waals surface area (Å²) in [6.07, 6.45) is 2.28. The van der Waals surface area contributed by atoms with Crippen LogP contribution in [0.3, 0.4) is 0 Å². The van der Waals surface area contributed by atoms with Crippen molar-refractivity contribution in [1.82, 2.24) is 10.1 Å². The monoisotopic (exact) mass is 308 g/mol. The van der Waals surface area contributed by atoms with Gasteiger partial charge in [-0.3, -0.25) is 4.79 Å². The molecule has 2 aromatic rings. The Labute approximate surface area is 125 Å². The van der Waals surface area contributed by atoms with Crippen molar-refractivity contribution in [2.75, 3.05) is 0 Å². The SMILES string of the molecule is O=C(Cc1nc(CSc2ccc(Cl)cc2)no1)C1CC1. The van der Waals surface area contributed by atoms with Crippen LogP contribution in [-0.4, -0.2) is 15.9 Å². The molecule has 1 fully saturated rings. The fraction of sp³-hybridized carbons (Fsp3) is 0.357. The summed E-state index contributed by atoms with van der Waals surface area (Å²) >= 11 is 7.43.